The fourth-order valence-corrected chi connectivity index (χ4v) is 5.29. The highest BCUT2D eigenvalue weighted by Gasteiger charge is 2.44. The van der Waals surface area contributed by atoms with Gasteiger partial charge in [-0.1, -0.05) is 30.3 Å². The number of methoxy groups -OCH3 is 1. The summed E-state index contributed by atoms with van der Waals surface area (Å²) >= 11 is 0. The van der Waals surface area contributed by atoms with Gasteiger partial charge in [-0.25, -0.2) is 13.6 Å². The third-order valence-electron chi connectivity index (χ3n) is 7.73. The topological polar surface area (TPSA) is 75.7 Å². The van der Waals surface area contributed by atoms with E-state index in [1.807, 2.05) is 29.2 Å². The van der Waals surface area contributed by atoms with Gasteiger partial charge in [-0.2, -0.15) is 0 Å². The first-order valence-corrected chi connectivity index (χ1v) is 13.1. The van der Waals surface area contributed by atoms with Crippen molar-refractivity contribution in [2.75, 3.05) is 25.5 Å². The maximum atomic E-state index is 13.5. The smallest absolute Gasteiger partial charge is 0.337 e. The molecule has 0 aromatic heterocycles. The molecule has 2 aliphatic rings. The van der Waals surface area contributed by atoms with Gasteiger partial charge in [0.05, 0.1) is 19.1 Å². The number of nitrogens with zero attached hydrogens (tertiary/aromatic N) is 1. The normalized spacial score (nSPS) is 18.9. The molecule has 1 N–H and O–H groups in total. The van der Waals surface area contributed by atoms with Gasteiger partial charge >= 0.3 is 5.97 Å². The Kier molecular flexibility index (Phi) is 7.72. The van der Waals surface area contributed by atoms with Crippen LogP contribution in [0, 0.1) is 17.6 Å². The number of piperidine rings is 1. The number of amides is 2. The molecule has 202 valence electrons. The van der Waals surface area contributed by atoms with Crippen LogP contribution in [0.5, 0.6) is 0 Å². The highest BCUT2D eigenvalue weighted by atomic mass is 19.2. The van der Waals surface area contributed by atoms with Crippen LogP contribution in [0.2, 0.25) is 0 Å². The molecule has 39 heavy (non-hydrogen) atoms. The lowest BCUT2D eigenvalue weighted by molar-refractivity contribution is -0.131. The van der Waals surface area contributed by atoms with Gasteiger partial charge in [0, 0.05) is 24.7 Å². The van der Waals surface area contributed by atoms with Crippen molar-refractivity contribution in [1.29, 1.82) is 0 Å². The van der Waals surface area contributed by atoms with Crippen molar-refractivity contribution in [2.24, 2.45) is 5.92 Å². The minimum Gasteiger partial charge on any atom is -0.465 e. The van der Waals surface area contributed by atoms with Crippen molar-refractivity contribution in [2.45, 2.75) is 37.5 Å². The van der Waals surface area contributed by atoms with Crippen LogP contribution in [0.4, 0.5) is 14.5 Å². The van der Waals surface area contributed by atoms with E-state index in [-0.39, 0.29) is 23.7 Å². The molecule has 0 spiro atoms. The van der Waals surface area contributed by atoms with Crippen molar-refractivity contribution >= 4 is 23.5 Å². The van der Waals surface area contributed by atoms with Gasteiger partial charge in [0.15, 0.2) is 11.6 Å². The minimum atomic E-state index is -0.892. The molecule has 1 aliphatic carbocycles. The summed E-state index contributed by atoms with van der Waals surface area (Å²) in [7, 11) is 1.34. The van der Waals surface area contributed by atoms with Gasteiger partial charge in [-0.3, -0.25) is 9.59 Å². The number of carbonyl (C=O) groups is 3. The molecule has 2 atom stereocenters. The van der Waals surface area contributed by atoms with Crippen molar-refractivity contribution in [1.82, 2.24) is 4.90 Å². The molecule has 2 unspecified atom stereocenters. The van der Waals surface area contributed by atoms with E-state index in [1.54, 1.807) is 24.3 Å². The molecule has 3 aromatic rings. The summed E-state index contributed by atoms with van der Waals surface area (Å²) in [6, 6.07) is 18.5. The first kappa shape index (κ1) is 26.5. The van der Waals surface area contributed by atoms with Crippen LogP contribution in [0.3, 0.4) is 0 Å². The summed E-state index contributed by atoms with van der Waals surface area (Å²) in [6.45, 7) is 1.35. The molecule has 6 nitrogen and oxygen atoms in total. The standard InChI is InChI=1S/C31H30F2N2O4/c1-39-31(38)22-4-2-19(3-5-22)16-29(36)35-14-12-21(13-15-35)20-6-9-24(10-7-20)34-30(37)26-18-25(26)23-8-11-27(32)28(33)17-23/h2-11,17,21,25-26H,12-16,18H2,1H3,(H,34,37). The van der Waals surface area contributed by atoms with E-state index in [0.29, 0.717) is 48.7 Å². The van der Waals surface area contributed by atoms with Gasteiger partial charge in [0.1, 0.15) is 0 Å². The monoisotopic (exact) mass is 532 g/mol. The quantitative estimate of drug-likeness (QED) is 0.411. The highest BCUT2D eigenvalue weighted by molar-refractivity contribution is 5.95. The molecule has 1 saturated carbocycles. The first-order chi connectivity index (χ1) is 18.8. The Morgan fingerprint density at radius 3 is 2.21 bits per heavy atom. The number of rotatable bonds is 7. The van der Waals surface area contributed by atoms with Crippen molar-refractivity contribution < 1.29 is 27.9 Å². The van der Waals surface area contributed by atoms with Gasteiger partial charge in [-0.15, -0.1) is 0 Å². The Hall–Kier alpha value is -4.07. The second-order valence-corrected chi connectivity index (χ2v) is 10.3. The van der Waals surface area contributed by atoms with Crippen LogP contribution in [0.25, 0.3) is 0 Å². The molecule has 0 radical (unpaired) electrons. The number of likely N-dealkylation sites (tertiary alicyclic amines) is 1. The summed E-state index contributed by atoms with van der Waals surface area (Å²) in [5.74, 6) is -2.24. The van der Waals surface area contributed by atoms with Crippen LogP contribution in [-0.2, 0) is 20.7 Å². The largest absolute Gasteiger partial charge is 0.465 e. The van der Waals surface area contributed by atoms with Crippen LogP contribution < -0.4 is 5.32 Å². The highest BCUT2D eigenvalue weighted by Crippen LogP contribution is 2.48. The second-order valence-electron chi connectivity index (χ2n) is 10.3. The number of esters is 1. The lowest BCUT2D eigenvalue weighted by Crippen LogP contribution is -2.38. The molecular formula is C31H30F2N2O4. The SMILES string of the molecule is COC(=O)c1ccc(CC(=O)N2CCC(c3ccc(NC(=O)C4CC4c4ccc(F)c(F)c4)cc3)CC2)cc1. The van der Waals surface area contributed by atoms with Crippen molar-refractivity contribution in [3.05, 3.63) is 101 Å². The first-order valence-electron chi connectivity index (χ1n) is 13.1. The van der Waals surface area contributed by atoms with E-state index >= 15 is 0 Å². The van der Waals surface area contributed by atoms with E-state index in [4.69, 9.17) is 4.74 Å². The van der Waals surface area contributed by atoms with Crippen LogP contribution in [-0.4, -0.2) is 42.9 Å². The third-order valence-corrected chi connectivity index (χ3v) is 7.73. The molecule has 2 amide bonds. The number of nitrogens with one attached hydrogen (secondary N) is 1. The molecule has 2 fully saturated rings. The van der Waals surface area contributed by atoms with Gasteiger partial charge in [0.25, 0.3) is 0 Å². The molecule has 8 heteroatoms. The number of hydrogen-bond acceptors (Lipinski definition) is 4. The Morgan fingerprint density at radius 1 is 0.897 bits per heavy atom. The number of anilines is 1. The zero-order chi connectivity index (χ0) is 27.5. The van der Waals surface area contributed by atoms with Gasteiger partial charge < -0.3 is 15.0 Å². The van der Waals surface area contributed by atoms with Gasteiger partial charge in [-0.05, 0) is 84.2 Å². The molecule has 1 heterocycles. The summed E-state index contributed by atoms with van der Waals surface area (Å²) in [5, 5.41) is 2.93. The Morgan fingerprint density at radius 2 is 1.56 bits per heavy atom. The average molecular weight is 533 g/mol. The number of halogens is 2. The summed E-state index contributed by atoms with van der Waals surface area (Å²) in [5.41, 5.74) is 3.83. The molecular weight excluding hydrogens is 502 g/mol. The lowest BCUT2D eigenvalue weighted by atomic mass is 9.89. The van der Waals surface area contributed by atoms with E-state index in [1.165, 1.54) is 24.8 Å². The van der Waals surface area contributed by atoms with Crippen molar-refractivity contribution in [3.8, 4) is 0 Å². The summed E-state index contributed by atoms with van der Waals surface area (Å²) in [4.78, 5) is 38.9. The van der Waals surface area contributed by atoms with Crippen LogP contribution in [0.15, 0.2) is 66.7 Å². The Bertz CT molecular complexity index is 1370. The van der Waals surface area contributed by atoms with Crippen LogP contribution >= 0.6 is 0 Å². The molecule has 1 saturated heterocycles. The molecule has 1 aliphatic heterocycles. The number of benzene rings is 3. The predicted molar refractivity (Wildman–Crippen MR) is 142 cm³/mol. The molecule has 0 bridgehead atoms. The predicted octanol–water partition coefficient (Wildman–Crippen LogP) is 5.44. The average Bonchev–Trinajstić information content (AvgIpc) is 3.76. The number of ether oxygens (including phenoxy) is 1. The second kappa shape index (κ2) is 11.4. The zero-order valence-corrected chi connectivity index (χ0v) is 21.7. The van der Waals surface area contributed by atoms with E-state index in [2.05, 4.69) is 5.32 Å². The molecule has 3 aromatic carbocycles. The lowest BCUT2D eigenvalue weighted by Gasteiger charge is -2.32. The molecule has 5 rings (SSSR count). The number of carbonyl (C=O) groups excluding carboxylic acids is 3. The number of hydrogen-bond donors (Lipinski definition) is 1. The Labute approximate surface area is 226 Å². The fraction of sp³-hybridized carbons (Fsp3) is 0.323. The van der Waals surface area contributed by atoms with Crippen LogP contribution in [0.1, 0.15) is 58.1 Å². The maximum Gasteiger partial charge on any atom is 0.337 e. The third kappa shape index (κ3) is 6.16. The summed E-state index contributed by atoms with van der Waals surface area (Å²) in [6.07, 6.45) is 2.62. The Balaban J connectivity index is 1.09. The van der Waals surface area contributed by atoms with E-state index in [0.717, 1.165) is 24.5 Å². The zero-order valence-electron chi connectivity index (χ0n) is 21.7. The maximum absolute atomic E-state index is 13.5. The van der Waals surface area contributed by atoms with Crippen molar-refractivity contribution in [3.63, 3.8) is 0 Å². The minimum absolute atomic E-state index is 0.0686. The fourth-order valence-electron chi connectivity index (χ4n) is 5.29. The summed E-state index contributed by atoms with van der Waals surface area (Å²) < 4.78 is 31.4. The van der Waals surface area contributed by atoms with E-state index in [9.17, 15) is 23.2 Å². The van der Waals surface area contributed by atoms with E-state index < -0.39 is 17.6 Å². The van der Waals surface area contributed by atoms with Gasteiger partial charge in [0.2, 0.25) is 11.8 Å².